The average Bonchev–Trinajstić information content (AvgIpc) is 2.65. The molecular weight excluding hydrogens is 360 g/mol. The van der Waals surface area contributed by atoms with Crippen molar-refractivity contribution in [2.45, 2.75) is 25.4 Å². The number of rotatable bonds is 7. The maximum Gasteiger partial charge on any atom is 0.310 e. The fourth-order valence-electron chi connectivity index (χ4n) is 3.21. The van der Waals surface area contributed by atoms with Crippen LogP contribution in [0.1, 0.15) is 19.8 Å². The van der Waals surface area contributed by atoms with Crippen LogP contribution in [0.25, 0.3) is 0 Å². The molecule has 1 atom stereocenters. The van der Waals surface area contributed by atoms with Gasteiger partial charge in [0.2, 0.25) is 11.9 Å². The molecule has 0 saturated heterocycles. The van der Waals surface area contributed by atoms with Crippen LogP contribution in [0.5, 0.6) is 5.75 Å². The number of nitro benzene ring substituents is 1. The molecule has 28 heavy (non-hydrogen) atoms. The smallest absolute Gasteiger partial charge is 0.310 e. The average molecular weight is 382 g/mol. The summed E-state index contributed by atoms with van der Waals surface area (Å²) >= 11 is 0. The van der Waals surface area contributed by atoms with E-state index in [1.165, 1.54) is 6.07 Å². The molecule has 2 aromatic rings. The highest BCUT2D eigenvalue weighted by molar-refractivity contribution is 6.05. The number of nitrogens with zero attached hydrogens (tertiary/aromatic N) is 4. The normalized spacial score (nSPS) is 19.0. The number of hydrogen-bond acceptors (Lipinski definition) is 8. The Morgan fingerprint density at radius 3 is 2.54 bits per heavy atom. The van der Waals surface area contributed by atoms with Gasteiger partial charge in [-0.05, 0) is 38.0 Å². The van der Waals surface area contributed by atoms with Gasteiger partial charge in [-0.1, -0.05) is 30.3 Å². The van der Waals surface area contributed by atoms with Crippen LogP contribution < -0.4 is 21.1 Å². The Morgan fingerprint density at radius 1 is 1.14 bits per heavy atom. The Hall–Kier alpha value is -3.62. The van der Waals surface area contributed by atoms with Crippen molar-refractivity contribution in [2.75, 3.05) is 11.5 Å². The monoisotopic (exact) mass is 382 g/mol. The first-order chi connectivity index (χ1) is 13.4. The second kappa shape index (κ2) is 7.95. The number of anilines is 1. The number of guanidine groups is 2. The zero-order valence-electron chi connectivity index (χ0n) is 15.5. The van der Waals surface area contributed by atoms with E-state index in [2.05, 4.69) is 9.98 Å². The fourth-order valence-corrected chi connectivity index (χ4v) is 3.21. The van der Waals surface area contributed by atoms with E-state index in [9.17, 15) is 10.1 Å². The predicted octanol–water partition coefficient (Wildman–Crippen LogP) is 2.62. The van der Waals surface area contributed by atoms with Crippen LogP contribution in [-0.2, 0) is 0 Å². The molecule has 3 rings (SSSR count). The number of benzene rings is 2. The summed E-state index contributed by atoms with van der Waals surface area (Å²) in [7, 11) is 0. The van der Waals surface area contributed by atoms with Crippen molar-refractivity contribution in [3.8, 4) is 5.75 Å². The lowest BCUT2D eigenvalue weighted by atomic mass is 10.0. The van der Waals surface area contributed by atoms with Crippen LogP contribution in [-0.4, -0.2) is 29.1 Å². The number of nitro groups is 1. The summed E-state index contributed by atoms with van der Waals surface area (Å²) in [5, 5.41) is 11.1. The zero-order chi connectivity index (χ0) is 20.1. The van der Waals surface area contributed by atoms with Crippen molar-refractivity contribution in [1.29, 1.82) is 0 Å². The molecule has 0 bridgehead atoms. The molecule has 1 unspecified atom stereocenters. The van der Waals surface area contributed by atoms with Gasteiger partial charge in [-0.2, -0.15) is 4.99 Å². The Morgan fingerprint density at radius 2 is 1.82 bits per heavy atom. The third-order valence-electron chi connectivity index (χ3n) is 4.42. The maximum absolute atomic E-state index is 11.1. The summed E-state index contributed by atoms with van der Waals surface area (Å²) in [4.78, 5) is 21.0. The lowest BCUT2D eigenvalue weighted by molar-refractivity contribution is -0.385. The topological polar surface area (TPSA) is 132 Å². The molecule has 0 saturated carbocycles. The molecule has 0 amide bonds. The molecule has 0 radical (unpaired) electrons. The van der Waals surface area contributed by atoms with Gasteiger partial charge in [-0.15, -0.1) is 0 Å². The molecule has 9 heteroatoms. The minimum atomic E-state index is -0.747. The number of aliphatic imine (C=N–C) groups is 2. The van der Waals surface area contributed by atoms with Gasteiger partial charge in [0.05, 0.1) is 11.5 Å². The van der Waals surface area contributed by atoms with Crippen LogP contribution in [0.2, 0.25) is 0 Å². The Labute approximate surface area is 162 Å². The second-order valence-corrected chi connectivity index (χ2v) is 6.50. The van der Waals surface area contributed by atoms with Crippen LogP contribution >= 0.6 is 0 Å². The lowest BCUT2D eigenvalue weighted by Gasteiger charge is -2.41. The quantitative estimate of drug-likeness (QED) is 0.430. The van der Waals surface area contributed by atoms with E-state index >= 15 is 0 Å². The Kier molecular flexibility index (Phi) is 5.44. The summed E-state index contributed by atoms with van der Waals surface area (Å²) in [6.45, 7) is 2.20. The molecule has 1 aliphatic heterocycles. The third kappa shape index (κ3) is 4.03. The Bertz CT molecular complexity index is 915. The summed E-state index contributed by atoms with van der Waals surface area (Å²) < 4.78 is 5.63. The molecule has 1 aliphatic rings. The number of hydrogen-bond donors (Lipinski definition) is 2. The number of ether oxygens (including phenoxy) is 1. The molecule has 146 valence electrons. The van der Waals surface area contributed by atoms with Gasteiger partial charge in [0.1, 0.15) is 5.66 Å². The van der Waals surface area contributed by atoms with Crippen molar-refractivity contribution in [1.82, 2.24) is 0 Å². The summed E-state index contributed by atoms with van der Waals surface area (Å²) in [5.41, 5.74) is 12.0. The minimum Gasteiger partial charge on any atom is -0.487 e. The highest BCUT2D eigenvalue weighted by Gasteiger charge is 2.37. The van der Waals surface area contributed by atoms with E-state index in [-0.39, 0.29) is 30.0 Å². The largest absolute Gasteiger partial charge is 0.487 e. The molecule has 0 aromatic heterocycles. The van der Waals surface area contributed by atoms with Crippen molar-refractivity contribution in [3.05, 3.63) is 64.7 Å². The predicted molar refractivity (Wildman–Crippen MR) is 108 cm³/mol. The first kappa shape index (κ1) is 19.2. The van der Waals surface area contributed by atoms with Gasteiger partial charge in [0.15, 0.2) is 5.75 Å². The molecular formula is C19H22N6O3. The lowest BCUT2D eigenvalue weighted by Crippen LogP contribution is -2.56. The van der Waals surface area contributed by atoms with E-state index in [1.54, 1.807) is 18.2 Å². The SMILES string of the molecule is CC1(CCCOc2ccccc2[N+](=O)[O-])N=C(N)N=C(N)N1c1ccccc1. The first-order valence-electron chi connectivity index (χ1n) is 8.82. The van der Waals surface area contributed by atoms with Crippen LogP contribution in [0, 0.1) is 10.1 Å². The van der Waals surface area contributed by atoms with Gasteiger partial charge < -0.3 is 16.2 Å². The number of nitrogens with two attached hydrogens (primary N) is 2. The number of para-hydroxylation sites is 3. The molecule has 0 aliphatic carbocycles. The van der Waals surface area contributed by atoms with Gasteiger partial charge in [-0.25, -0.2) is 4.99 Å². The van der Waals surface area contributed by atoms with Crippen molar-refractivity contribution < 1.29 is 9.66 Å². The molecule has 9 nitrogen and oxygen atoms in total. The van der Waals surface area contributed by atoms with E-state index in [0.29, 0.717) is 12.8 Å². The zero-order valence-corrected chi connectivity index (χ0v) is 15.5. The molecule has 0 spiro atoms. The third-order valence-corrected chi connectivity index (χ3v) is 4.42. The van der Waals surface area contributed by atoms with E-state index in [1.807, 2.05) is 42.2 Å². The van der Waals surface area contributed by atoms with Gasteiger partial charge in [-0.3, -0.25) is 15.0 Å². The summed E-state index contributed by atoms with van der Waals surface area (Å²) in [5.74, 6) is 0.623. The highest BCUT2D eigenvalue weighted by atomic mass is 16.6. The standard InChI is InChI=1S/C19H22N6O3/c1-19(12-7-13-28-16-11-6-5-10-15(16)25(26)27)23-17(20)22-18(21)24(19)14-8-3-2-4-9-14/h2-6,8-11H,7,12-13H2,1H3,(H4,20,21,22,23). The Balaban J connectivity index is 1.71. The van der Waals surface area contributed by atoms with Crippen molar-refractivity contribution in [2.24, 2.45) is 21.5 Å². The van der Waals surface area contributed by atoms with E-state index in [0.717, 1.165) is 5.69 Å². The van der Waals surface area contributed by atoms with Gasteiger partial charge in [0.25, 0.3) is 0 Å². The maximum atomic E-state index is 11.1. The van der Waals surface area contributed by atoms with Crippen LogP contribution in [0.3, 0.4) is 0 Å². The molecule has 4 N–H and O–H groups in total. The van der Waals surface area contributed by atoms with Crippen LogP contribution in [0.4, 0.5) is 11.4 Å². The van der Waals surface area contributed by atoms with E-state index in [4.69, 9.17) is 16.2 Å². The van der Waals surface area contributed by atoms with Crippen LogP contribution in [0.15, 0.2) is 64.6 Å². The van der Waals surface area contributed by atoms with Crippen molar-refractivity contribution >= 4 is 23.3 Å². The summed E-state index contributed by atoms with van der Waals surface area (Å²) in [6.07, 6.45) is 1.13. The second-order valence-electron chi connectivity index (χ2n) is 6.50. The van der Waals surface area contributed by atoms with Gasteiger partial charge in [0, 0.05) is 11.8 Å². The fraction of sp³-hybridized carbons (Fsp3) is 0.263. The van der Waals surface area contributed by atoms with E-state index < -0.39 is 10.6 Å². The first-order valence-corrected chi connectivity index (χ1v) is 8.82. The van der Waals surface area contributed by atoms with Gasteiger partial charge >= 0.3 is 5.69 Å². The summed E-state index contributed by atoms with van der Waals surface area (Å²) in [6, 6.07) is 15.9. The molecule has 2 aromatic carbocycles. The van der Waals surface area contributed by atoms with Crippen molar-refractivity contribution in [3.63, 3.8) is 0 Å². The highest BCUT2D eigenvalue weighted by Crippen LogP contribution is 2.32. The molecule has 1 heterocycles. The molecule has 0 fully saturated rings. The minimum absolute atomic E-state index is 0.0593.